The summed E-state index contributed by atoms with van der Waals surface area (Å²) in [4.78, 5) is 15.6. The first-order chi connectivity index (χ1) is 13.3. The van der Waals surface area contributed by atoms with Crippen LogP contribution in [0.5, 0.6) is 0 Å². The van der Waals surface area contributed by atoms with E-state index in [0.717, 1.165) is 43.3 Å². The molecule has 1 aromatic carbocycles. The van der Waals surface area contributed by atoms with E-state index in [1.807, 2.05) is 18.2 Å². The summed E-state index contributed by atoms with van der Waals surface area (Å²) < 4.78 is 0. The minimum absolute atomic E-state index is 0.494. The molecular weight excluding hydrogens is 338 g/mol. The Morgan fingerprint density at radius 2 is 2.00 bits per heavy atom. The molecule has 0 unspecified atom stereocenters. The number of anilines is 2. The van der Waals surface area contributed by atoms with Gasteiger partial charge in [-0.1, -0.05) is 24.3 Å². The first-order valence-corrected chi connectivity index (χ1v) is 9.31. The standard InChI is InChI=1S/C20H23N7/c1-15-6-2-3-8-17(15)18-13-24-26-19(25-18)23-12-16-7-4-11-27(14-16)20-21-9-5-10-22-20/h2-3,5-6,8-10,13,16H,4,7,11-12,14H2,1H3,(H,23,25,26)/t16-/m0/s1. The van der Waals surface area contributed by atoms with E-state index in [4.69, 9.17) is 0 Å². The predicted molar refractivity (Wildman–Crippen MR) is 105 cm³/mol. The number of nitrogens with zero attached hydrogens (tertiary/aromatic N) is 6. The van der Waals surface area contributed by atoms with Gasteiger partial charge < -0.3 is 10.2 Å². The number of nitrogens with one attached hydrogen (secondary N) is 1. The molecule has 1 aliphatic rings. The molecule has 7 nitrogen and oxygen atoms in total. The predicted octanol–water partition coefficient (Wildman–Crippen LogP) is 2.97. The van der Waals surface area contributed by atoms with Gasteiger partial charge in [-0.2, -0.15) is 5.10 Å². The molecule has 4 rings (SSSR count). The molecule has 1 atom stereocenters. The zero-order chi connectivity index (χ0) is 18.5. The average Bonchev–Trinajstić information content (AvgIpc) is 2.74. The third kappa shape index (κ3) is 4.19. The van der Waals surface area contributed by atoms with Crippen molar-refractivity contribution in [3.8, 4) is 11.3 Å². The highest BCUT2D eigenvalue weighted by molar-refractivity contribution is 5.63. The number of hydrogen-bond donors (Lipinski definition) is 1. The third-order valence-corrected chi connectivity index (χ3v) is 4.88. The van der Waals surface area contributed by atoms with E-state index in [9.17, 15) is 0 Å². The largest absolute Gasteiger partial charge is 0.353 e. The summed E-state index contributed by atoms with van der Waals surface area (Å²) in [6, 6.07) is 10.0. The van der Waals surface area contributed by atoms with E-state index in [1.54, 1.807) is 18.6 Å². The summed E-state index contributed by atoms with van der Waals surface area (Å²) in [5.74, 6) is 1.87. The van der Waals surface area contributed by atoms with Crippen LogP contribution in [0.25, 0.3) is 11.3 Å². The number of aromatic nitrogens is 5. The van der Waals surface area contributed by atoms with Crippen LogP contribution in [0.15, 0.2) is 48.9 Å². The summed E-state index contributed by atoms with van der Waals surface area (Å²) in [7, 11) is 0. The topological polar surface area (TPSA) is 79.7 Å². The quantitative estimate of drug-likeness (QED) is 0.748. The summed E-state index contributed by atoms with van der Waals surface area (Å²) in [6.45, 7) is 4.82. The molecule has 0 saturated carbocycles. The maximum Gasteiger partial charge on any atom is 0.243 e. The van der Waals surface area contributed by atoms with Crippen molar-refractivity contribution in [2.45, 2.75) is 19.8 Å². The minimum atomic E-state index is 0.494. The third-order valence-electron chi connectivity index (χ3n) is 4.88. The van der Waals surface area contributed by atoms with E-state index < -0.39 is 0 Å². The molecule has 3 aromatic rings. The molecule has 1 saturated heterocycles. The van der Waals surface area contributed by atoms with Gasteiger partial charge in [-0.25, -0.2) is 15.0 Å². The molecule has 0 radical (unpaired) electrons. The van der Waals surface area contributed by atoms with Crippen molar-refractivity contribution in [2.75, 3.05) is 29.9 Å². The van der Waals surface area contributed by atoms with Gasteiger partial charge >= 0.3 is 0 Å². The van der Waals surface area contributed by atoms with Gasteiger partial charge in [0.15, 0.2) is 0 Å². The van der Waals surface area contributed by atoms with Gasteiger partial charge in [0.25, 0.3) is 0 Å². The highest BCUT2D eigenvalue weighted by Gasteiger charge is 2.21. The highest BCUT2D eigenvalue weighted by atomic mass is 15.3. The molecule has 27 heavy (non-hydrogen) atoms. The van der Waals surface area contributed by atoms with Gasteiger partial charge in [0.2, 0.25) is 11.9 Å². The second-order valence-corrected chi connectivity index (χ2v) is 6.86. The number of aryl methyl sites for hydroxylation is 1. The summed E-state index contributed by atoms with van der Waals surface area (Å²) in [5, 5.41) is 11.6. The van der Waals surface area contributed by atoms with E-state index in [0.29, 0.717) is 11.9 Å². The van der Waals surface area contributed by atoms with Crippen LogP contribution in [0.4, 0.5) is 11.9 Å². The number of hydrogen-bond acceptors (Lipinski definition) is 7. The van der Waals surface area contributed by atoms with Gasteiger partial charge in [-0.15, -0.1) is 5.10 Å². The maximum absolute atomic E-state index is 4.64. The molecule has 0 amide bonds. The fraction of sp³-hybridized carbons (Fsp3) is 0.350. The monoisotopic (exact) mass is 361 g/mol. The number of piperidine rings is 1. The lowest BCUT2D eigenvalue weighted by Crippen LogP contribution is -2.39. The molecule has 1 aliphatic heterocycles. The molecule has 1 N–H and O–H groups in total. The Labute approximate surface area is 158 Å². The van der Waals surface area contributed by atoms with Crippen LogP contribution in [-0.2, 0) is 0 Å². The van der Waals surface area contributed by atoms with Gasteiger partial charge in [0.05, 0.1) is 11.9 Å². The van der Waals surface area contributed by atoms with E-state index in [1.165, 1.54) is 12.0 Å². The molecule has 7 heteroatoms. The van der Waals surface area contributed by atoms with Crippen LogP contribution in [0.3, 0.4) is 0 Å². The van der Waals surface area contributed by atoms with Crippen LogP contribution in [-0.4, -0.2) is 44.8 Å². The second-order valence-electron chi connectivity index (χ2n) is 6.86. The smallest absolute Gasteiger partial charge is 0.243 e. The molecule has 1 fully saturated rings. The highest BCUT2D eigenvalue weighted by Crippen LogP contribution is 2.22. The van der Waals surface area contributed by atoms with Crippen molar-refractivity contribution in [2.24, 2.45) is 5.92 Å². The Bertz CT molecular complexity index is 884. The summed E-state index contributed by atoms with van der Waals surface area (Å²) in [6.07, 6.45) is 7.60. The van der Waals surface area contributed by atoms with Crippen molar-refractivity contribution in [1.29, 1.82) is 0 Å². The lowest BCUT2D eigenvalue weighted by Gasteiger charge is -2.32. The first-order valence-electron chi connectivity index (χ1n) is 9.31. The van der Waals surface area contributed by atoms with Gasteiger partial charge in [-0.3, -0.25) is 0 Å². The van der Waals surface area contributed by atoms with Crippen molar-refractivity contribution in [3.63, 3.8) is 0 Å². The lowest BCUT2D eigenvalue weighted by molar-refractivity contribution is 0.427. The van der Waals surface area contributed by atoms with E-state index >= 15 is 0 Å². The molecule has 138 valence electrons. The first kappa shape index (κ1) is 17.3. The summed E-state index contributed by atoms with van der Waals surface area (Å²) >= 11 is 0. The lowest BCUT2D eigenvalue weighted by atomic mass is 9.98. The van der Waals surface area contributed by atoms with Crippen LogP contribution >= 0.6 is 0 Å². The fourth-order valence-corrected chi connectivity index (χ4v) is 3.47. The molecule has 0 spiro atoms. The van der Waals surface area contributed by atoms with Crippen molar-refractivity contribution < 1.29 is 0 Å². The Kier molecular flexibility index (Phi) is 5.18. The molecular formula is C20H23N7. The maximum atomic E-state index is 4.64. The average molecular weight is 361 g/mol. The molecule has 3 heterocycles. The molecule has 0 bridgehead atoms. The molecule has 0 aliphatic carbocycles. The van der Waals surface area contributed by atoms with E-state index in [2.05, 4.69) is 54.4 Å². The molecule has 2 aromatic heterocycles. The van der Waals surface area contributed by atoms with Crippen LogP contribution in [0.2, 0.25) is 0 Å². The Morgan fingerprint density at radius 1 is 1.15 bits per heavy atom. The van der Waals surface area contributed by atoms with Crippen LogP contribution < -0.4 is 10.2 Å². The SMILES string of the molecule is Cc1ccccc1-c1cnnc(NC[C@@H]2CCCN(c3ncccn3)C2)n1. The van der Waals surface area contributed by atoms with E-state index in [-0.39, 0.29) is 0 Å². The van der Waals surface area contributed by atoms with Crippen molar-refractivity contribution in [3.05, 3.63) is 54.5 Å². The Balaban J connectivity index is 1.40. The van der Waals surface area contributed by atoms with Crippen LogP contribution in [0.1, 0.15) is 18.4 Å². The summed E-state index contributed by atoms with van der Waals surface area (Å²) in [5.41, 5.74) is 3.10. The van der Waals surface area contributed by atoms with Gasteiger partial charge in [-0.05, 0) is 37.3 Å². The van der Waals surface area contributed by atoms with Gasteiger partial charge in [0, 0.05) is 37.6 Å². The van der Waals surface area contributed by atoms with Crippen molar-refractivity contribution in [1.82, 2.24) is 25.1 Å². The number of rotatable bonds is 5. The zero-order valence-corrected chi connectivity index (χ0v) is 15.4. The van der Waals surface area contributed by atoms with Crippen molar-refractivity contribution >= 4 is 11.9 Å². The Hall–Kier alpha value is -3.09. The second kappa shape index (κ2) is 8.07. The normalized spacial score (nSPS) is 16.9. The van der Waals surface area contributed by atoms with Gasteiger partial charge in [0.1, 0.15) is 0 Å². The fourth-order valence-electron chi connectivity index (χ4n) is 3.47. The van der Waals surface area contributed by atoms with Crippen LogP contribution in [0, 0.1) is 12.8 Å². The zero-order valence-electron chi connectivity index (χ0n) is 15.4. The Morgan fingerprint density at radius 3 is 2.85 bits per heavy atom. The number of benzene rings is 1. The minimum Gasteiger partial charge on any atom is -0.353 e.